The number of phenols is 1. The molecule has 0 saturated carbocycles. The summed E-state index contributed by atoms with van der Waals surface area (Å²) in [6.45, 7) is 17.7. The van der Waals surface area contributed by atoms with Gasteiger partial charge in [0.2, 0.25) is 0 Å². The van der Waals surface area contributed by atoms with E-state index in [1.54, 1.807) is 48.0 Å². The molecule has 0 bridgehead atoms. The Hall–Kier alpha value is -4.50. The first-order chi connectivity index (χ1) is 28.5. The van der Waals surface area contributed by atoms with Gasteiger partial charge in [-0.05, 0) is 149 Å². The predicted molar refractivity (Wildman–Crippen MR) is 262 cm³/mol. The number of thiol groups is 1. The van der Waals surface area contributed by atoms with E-state index in [9.17, 15) is 5.11 Å². The highest BCUT2D eigenvalue weighted by molar-refractivity contribution is 8.36. The number of hydrogen-bond donors (Lipinski definition) is 2. The van der Waals surface area contributed by atoms with Gasteiger partial charge < -0.3 is 9.84 Å². The Balaban J connectivity index is 1.11. The number of rotatable bonds is 14. The smallest absolute Gasteiger partial charge is 0.119 e. The van der Waals surface area contributed by atoms with Crippen LogP contribution < -0.4 is 4.74 Å². The molecule has 1 aliphatic heterocycles. The van der Waals surface area contributed by atoms with E-state index >= 15 is 0 Å². The molecular weight excluding hydrogens is 799 g/mol. The standard InChI is InChI=1S/C52H51NO2S4/c1-8-38-13-17-43(18-14-38)51-52(47-32-35(5)10-12-37(47)7)59-53(58-51)57-50(49(56)46-31-34(4)9-11-36(46)6)42-19-15-39(16-20-42)29-30-55-45-27-23-41(24-28-45)48(33(2)3)40-21-25-44(54)26-22-40/h8-28,31-33,48,54,56H,1,29-30H2,2-7H3/b50-49-. The zero-order valence-electron chi connectivity index (χ0n) is 34.5. The third-order valence-corrected chi connectivity index (χ3v) is 15.0. The molecular formula is C52H51NO2S4. The number of ether oxygens (including phenoxy) is 1. The van der Waals surface area contributed by atoms with Crippen molar-refractivity contribution in [3.8, 4) is 11.5 Å². The molecule has 0 aliphatic carbocycles. The Morgan fingerprint density at radius 3 is 2.00 bits per heavy atom. The molecule has 300 valence electrons. The van der Waals surface area contributed by atoms with Crippen LogP contribution in [0.4, 0.5) is 0 Å². The summed E-state index contributed by atoms with van der Waals surface area (Å²) in [6.07, 6.45) is 2.68. The molecule has 0 amide bonds. The predicted octanol–water partition coefficient (Wildman–Crippen LogP) is 15.2. The molecule has 1 heterocycles. The van der Waals surface area contributed by atoms with Crippen LogP contribution in [-0.4, -0.2) is 14.8 Å². The number of nitrogens with zero attached hydrogens (tertiary/aromatic N) is 1. The van der Waals surface area contributed by atoms with Crippen molar-refractivity contribution in [3.05, 3.63) is 207 Å². The van der Waals surface area contributed by atoms with Crippen molar-refractivity contribution in [2.24, 2.45) is 5.92 Å². The Morgan fingerprint density at radius 2 is 1.36 bits per heavy atom. The monoisotopic (exact) mass is 849 g/mol. The zero-order chi connectivity index (χ0) is 41.6. The Labute approximate surface area is 369 Å². The maximum absolute atomic E-state index is 9.80. The average molecular weight is 850 g/mol. The van der Waals surface area contributed by atoms with Gasteiger partial charge in [-0.15, -0.1) is 15.7 Å². The largest absolute Gasteiger partial charge is 0.508 e. The normalized spacial score (nSPS) is 14.1. The molecule has 59 heavy (non-hydrogen) atoms. The highest BCUT2D eigenvalue weighted by Gasteiger charge is 2.30. The first-order valence-corrected chi connectivity index (χ1v) is 22.7. The lowest BCUT2D eigenvalue weighted by atomic mass is 9.82. The van der Waals surface area contributed by atoms with Crippen molar-refractivity contribution in [1.82, 2.24) is 3.12 Å². The summed E-state index contributed by atoms with van der Waals surface area (Å²) < 4.78 is 8.58. The SMILES string of the molecule is C=Cc1ccc(C2=C(c3cc(C)ccc3C)SN(S/C(=C(\S)c3cc(C)ccc3C)c3ccc(CCOc4ccc(C(c5ccc(O)cc5)C(C)C)cc4)cc3)S2)cc1. The van der Waals surface area contributed by atoms with E-state index in [1.165, 1.54) is 59.9 Å². The molecule has 0 radical (unpaired) electrons. The second kappa shape index (κ2) is 19.3. The lowest BCUT2D eigenvalue weighted by Crippen LogP contribution is -2.08. The van der Waals surface area contributed by atoms with Gasteiger partial charge >= 0.3 is 0 Å². The molecule has 1 unspecified atom stereocenters. The van der Waals surface area contributed by atoms with Gasteiger partial charge in [0.15, 0.2) is 0 Å². The molecule has 1 atom stereocenters. The minimum absolute atomic E-state index is 0.239. The fourth-order valence-corrected chi connectivity index (χ4v) is 11.7. The van der Waals surface area contributed by atoms with Gasteiger partial charge in [-0.1, -0.05) is 147 Å². The van der Waals surface area contributed by atoms with Crippen LogP contribution in [0.1, 0.15) is 86.5 Å². The highest BCUT2D eigenvalue weighted by atomic mass is 32.3. The zero-order valence-corrected chi connectivity index (χ0v) is 37.9. The van der Waals surface area contributed by atoms with Crippen LogP contribution in [0.25, 0.3) is 25.7 Å². The summed E-state index contributed by atoms with van der Waals surface area (Å²) in [7, 11) is 0. The van der Waals surface area contributed by atoms with E-state index in [-0.39, 0.29) is 11.7 Å². The summed E-state index contributed by atoms with van der Waals surface area (Å²) in [5.74, 6) is 1.79. The maximum atomic E-state index is 9.80. The molecule has 0 fully saturated rings. The van der Waals surface area contributed by atoms with Gasteiger partial charge in [0.1, 0.15) is 11.5 Å². The minimum atomic E-state index is 0.239. The van der Waals surface area contributed by atoms with Crippen molar-refractivity contribution in [3.63, 3.8) is 0 Å². The molecule has 0 spiro atoms. The van der Waals surface area contributed by atoms with Gasteiger partial charge in [0.05, 0.1) is 6.61 Å². The first-order valence-electron chi connectivity index (χ1n) is 20.0. The minimum Gasteiger partial charge on any atom is -0.508 e. The molecule has 6 aromatic rings. The van der Waals surface area contributed by atoms with Crippen LogP contribution in [0.15, 0.2) is 140 Å². The van der Waals surface area contributed by atoms with Crippen molar-refractivity contribution >= 4 is 74.2 Å². The van der Waals surface area contributed by atoms with Gasteiger partial charge in [0.25, 0.3) is 0 Å². The Kier molecular flexibility index (Phi) is 13.9. The summed E-state index contributed by atoms with van der Waals surface area (Å²) in [5.41, 5.74) is 14.4. The second-order valence-corrected chi connectivity index (χ2v) is 19.5. The molecule has 3 nitrogen and oxygen atoms in total. The molecule has 7 heteroatoms. The van der Waals surface area contributed by atoms with Crippen LogP contribution in [0.3, 0.4) is 0 Å². The highest BCUT2D eigenvalue weighted by Crippen LogP contribution is 2.60. The van der Waals surface area contributed by atoms with Crippen molar-refractivity contribution in [1.29, 1.82) is 0 Å². The molecule has 7 rings (SSSR count). The van der Waals surface area contributed by atoms with Gasteiger partial charge in [-0.25, -0.2) is 0 Å². The van der Waals surface area contributed by atoms with Crippen LogP contribution in [0, 0.1) is 33.6 Å². The third-order valence-electron chi connectivity index (χ3n) is 10.6. The number of aromatic hydroxyl groups is 1. The number of aryl methyl sites for hydroxylation is 4. The fraction of sp³-hybridized carbons (Fsp3) is 0.192. The van der Waals surface area contributed by atoms with Crippen LogP contribution in [-0.2, 0) is 6.42 Å². The van der Waals surface area contributed by atoms with Crippen molar-refractivity contribution in [2.75, 3.05) is 6.61 Å². The molecule has 0 saturated heterocycles. The van der Waals surface area contributed by atoms with E-state index in [4.69, 9.17) is 17.4 Å². The molecule has 1 aliphatic rings. The van der Waals surface area contributed by atoms with E-state index < -0.39 is 0 Å². The molecule has 6 aromatic carbocycles. The van der Waals surface area contributed by atoms with E-state index in [1.807, 2.05) is 18.2 Å². The quantitative estimate of drug-likeness (QED) is 0.0645. The van der Waals surface area contributed by atoms with Gasteiger partial charge in [-0.2, -0.15) is 0 Å². The van der Waals surface area contributed by atoms with Gasteiger partial charge in [-0.3, -0.25) is 0 Å². The maximum Gasteiger partial charge on any atom is 0.119 e. The topological polar surface area (TPSA) is 32.7 Å². The van der Waals surface area contributed by atoms with Crippen molar-refractivity contribution in [2.45, 2.75) is 53.9 Å². The van der Waals surface area contributed by atoms with E-state index in [0.717, 1.165) is 38.7 Å². The first kappa shape index (κ1) is 42.6. The van der Waals surface area contributed by atoms with Crippen LogP contribution in [0.5, 0.6) is 11.5 Å². The summed E-state index contributed by atoms with van der Waals surface area (Å²) in [5, 5.41) is 9.80. The summed E-state index contributed by atoms with van der Waals surface area (Å²) in [6, 6.07) is 46.9. The Bertz CT molecular complexity index is 2490. The number of hydrogen-bond acceptors (Lipinski definition) is 7. The molecule has 0 aromatic heterocycles. The summed E-state index contributed by atoms with van der Waals surface area (Å²) >= 11 is 10.6. The lowest BCUT2D eigenvalue weighted by Gasteiger charge is -2.22. The van der Waals surface area contributed by atoms with Crippen LogP contribution >= 0.6 is 48.5 Å². The third kappa shape index (κ3) is 10.3. The number of phenolic OH excluding ortho intramolecular Hbond substituents is 1. The van der Waals surface area contributed by atoms with E-state index in [2.05, 4.69) is 160 Å². The van der Waals surface area contributed by atoms with Crippen LogP contribution in [0.2, 0.25) is 0 Å². The average Bonchev–Trinajstić information content (AvgIpc) is 3.66. The fourth-order valence-electron chi connectivity index (χ4n) is 7.34. The Morgan fingerprint density at radius 1 is 0.746 bits per heavy atom. The summed E-state index contributed by atoms with van der Waals surface area (Å²) in [4.78, 5) is 4.55. The molecule has 1 N–H and O–H groups in total. The lowest BCUT2D eigenvalue weighted by molar-refractivity contribution is 0.322. The second-order valence-electron chi connectivity index (χ2n) is 15.5. The number of benzene rings is 6. The van der Waals surface area contributed by atoms with Crippen molar-refractivity contribution < 1.29 is 9.84 Å². The van der Waals surface area contributed by atoms with Gasteiger partial charge in [0, 0.05) is 32.0 Å². The van der Waals surface area contributed by atoms with E-state index in [0.29, 0.717) is 12.5 Å².